The quantitative estimate of drug-likeness (QED) is 0.768. The van der Waals surface area contributed by atoms with Crippen LogP contribution >= 0.6 is 11.6 Å². The van der Waals surface area contributed by atoms with Crippen molar-refractivity contribution in [3.63, 3.8) is 0 Å². The van der Waals surface area contributed by atoms with Crippen molar-refractivity contribution in [2.24, 2.45) is 0 Å². The van der Waals surface area contributed by atoms with Gasteiger partial charge in [-0.3, -0.25) is 0 Å². The Labute approximate surface area is 103 Å². The molecule has 0 spiro atoms. The molecule has 0 aromatic heterocycles. The van der Waals surface area contributed by atoms with Gasteiger partial charge < -0.3 is 5.32 Å². The van der Waals surface area contributed by atoms with E-state index in [1.54, 1.807) is 0 Å². The largest absolute Gasteiger partial charge is 0.310 e. The van der Waals surface area contributed by atoms with Crippen molar-refractivity contribution in [3.8, 4) is 12.3 Å². The second-order valence-corrected chi connectivity index (χ2v) is 4.27. The summed E-state index contributed by atoms with van der Waals surface area (Å²) in [5.41, 5.74) is 2.32. The van der Waals surface area contributed by atoms with E-state index in [0.29, 0.717) is 6.04 Å². The summed E-state index contributed by atoms with van der Waals surface area (Å²) in [6.45, 7) is 5.04. The molecular formula is C14H18ClN. The van der Waals surface area contributed by atoms with Gasteiger partial charge >= 0.3 is 0 Å². The first-order valence-electron chi connectivity index (χ1n) is 5.62. The van der Waals surface area contributed by atoms with Crippen molar-refractivity contribution in [2.45, 2.75) is 32.7 Å². The minimum absolute atomic E-state index is 0.305. The smallest absolute Gasteiger partial charge is 0.0438 e. The summed E-state index contributed by atoms with van der Waals surface area (Å²) in [6, 6.07) is 6.50. The summed E-state index contributed by atoms with van der Waals surface area (Å²) in [4.78, 5) is 0. The van der Waals surface area contributed by atoms with Crippen LogP contribution in [0, 0.1) is 19.3 Å². The summed E-state index contributed by atoms with van der Waals surface area (Å²) < 4.78 is 0. The molecule has 1 aromatic carbocycles. The number of hydrogen-bond acceptors (Lipinski definition) is 1. The third-order valence-electron chi connectivity index (χ3n) is 2.63. The van der Waals surface area contributed by atoms with Crippen LogP contribution in [0.4, 0.5) is 0 Å². The summed E-state index contributed by atoms with van der Waals surface area (Å²) in [5, 5.41) is 4.25. The first-order chi connectivity index (χ1) is 7.69. The average molecular weight is 236 g/mol. The van der Waals surface area contributed by atoms with Gasteiger partial charge in [0.25, 0.3) is 0 Å². The lowest BCUT2D eigenvalue weighted by Crippen LogP contribution is -2.20. The van der Waals surface area contributed by atoms with Crippen LogP contribution in [0.1, 0.15) is 36.9 Å². The van der Waals surface area contributed by atoms with Crippen LogP contribution < -0.4 is 5.32 Å². The molecule has 1 N–H and O–H groups in total. The number of rotatable bonds is 5. The minimum Gasteiger partial charge on any atom is -0.310 e. The van der Waals surface area contributed by atoms with E-state index in [-0.39, 0.29) is 0 Å². The average Bonchev–Trinajstić information content (AvgIpc) is 2.28. The molecule has 0 aliphatic rings. The van der Waals surface area contributed by atoms with E-state index < -0.39 is 0 Å². The molecular weight excluding hydrogens is 218 g/mol. The number of nitrogens with one attached hydrogen (secondary N) is 1. The summed E-state index contributed by atoms with van der Waals surface area (Å²) in [7, 11) is 0. The van der Waals surface area contributed by atoms with E-state index in [0.717, 1.165) is 30.0 Å². The predicted octanol–water partition coefficient (Wildman–Crippen LogP) is 3.71. The highest BCUT2D eigenvalue weighted by Crippen LogP contribution is 2.24. The lowest BCUT2D eigenvalue weighted by molar-refractivity contribution is 0.522. The molecule has 1 rings (SSSR count). The lowest BCUT2D eigenvalue weighted by Gasteiger charge is -2.18. The molecule has 1 aromatic rings. The molecule has 16 heavy (non-hydrogen) atoms. The Bertz CT molecular complexity index is 379. The van der Waals surface area contributed by atoms with Gasteiger partial charge in [0.15, 0.2) is 0 Å². The monoisotopic (exact) mass is 235 g/mol. The molecule has 1 nitrogen and oxygen atoms in total. The van der Waals surface area contributed by atoms with Crippen molar-refractivity contribution in [3.05, 3.63) is 34.3 Å². The molecule has 0 aliphatic carbocycles. The van der Waals surface area contributed by atoms with Crippen molar-refractivity contribution in [1.82, 2.24) is 5.32 Å². The Morgan fingerprint density at radius 1 is 1.50 bits per heavy atom. The van der Waals surface area contributed by atoms with Crippen LogP contribution in [-0.4, -0.2) is 6.54 Å². The van der Waals surface area contributed by atoms with E-state index in [1.165, 1.54) is 5.56 Å². The SMILES string of the molecule is C#CCCC(NCC)c1ccc(C)c(Cl)c1. The van der Waals surface area contributed by atoms with Gasteiger partial charge in [0.2, 0.25) is 0 Å². The van der Waals surface area contributed by atoms with Crippen LogP contribution in [0.2, 0.25) is 5.02 Å². The Balaban J connectivity index is 2.83. The van der Waals surface area contributed by atoms with E-state index in [2.05, 4.69) is 30.3 Å². The molecule has 0 aliphatic heterocycles. The summed E-state index contributed by atoms with van der Waals surface area (Å²) >= 11 is 6.12. The highest BCUT2D eigenvalue weighted by atomic mass is 35.5. The van der Waals surface area contributed by atoms with Gasteiger partial charge in [-0.1, -0.05) is 30.7 Å². The number of benzene rings is 1. The van der Waals surface area contributed by atoms with Gasteiger partial charge in [-0.25, -0.2) is 0 Å². The van der Waals surface area contributed by atoms with Crippen LogP contribution in [0.3, 0.4) is 0 Å². The van der Waals surface area contributed by atoms with Crippen LogP contribution in [0.5, 0.6) is 0 Å². The van der Waals surface area contributed by atoms with Crippen molar-refractivity contribution in [2.75, 3.05) is 6.54 Å². The Morgan fingerprint density at radius 2 is 2.25 bits per heavy atom. The Kier molecular flexibility index (Phi) is 5.38. The molecule has 0 radical (unpaired) electrons. The number of hydrogen-bond donors (Lipinski definition) is 1. The number of aryl methyl sites for hydroxylation is 1. The standard InChI is InChI=1S/C14H18ClN/c1-4-6-7-14(16-5-2)12-9-8-11(3)13(15)10-12/h1,8-10,14,16H,5-7H2,2-3H3. The molecule has 1 unspecified atom stereocenters. The molecule has 0 bridgehead atoms. The maximum absolute atomic E-state index is 6.12. The van der Waals surface area contributed by atoms with Crippen LogP contribution in [0.15, 0.2) is 18.2 Å². The van der Waals surface area contributed by atoms with Crippen molar-refractivity contribution >= 4 is 11.6 Å². The normalized spacial score (nSPS) is 12.1. The fraction of sp³-hybridized carbons (Fsp3) is 0.429. The maximum atomic E-state index is 6.12. The second kappa shape index (κ2) is 6.58. The highest BCUT2D eigenvalue weighted by molar-refractivity contribution is 6.31. The highest BCUT2D eigenvalue weighted by Gasteiger charge is 2.10. The van der Waals surface area contributed by atoms with E-state index in [1.807, 2.05) is 13.0 Å². The fourth-order valence-electron chi connectivity index (χ4n) is 1.69. The zero-order valence-corrected chi connectivity index (χ0v) is 10.6. The molecule has 0 heterocycles. The van der Waals surface area contributed by atoms with Gasteiger partial charge in [-0.05, 0) is 37.1 Å². The lowest BCUT2D eigenvalue weighted by atomic mass is 10.0. The first kappa shape index (κ1) is 13.1. The Hall–Kier alpha value is -0.970. The first-order valence-corrected chi connectivity index (χ1v) is 5.99. The van der Waals surface area contributed by atoms with E-state index >= 15 is 0 Å². The zero-order chi connectivity index (χ0) is 12.0. The van der Waals surface area contributed by atoms with Crippen molar-refractivity contribution < 1.29 is 0 Å². The second-order valence-electron chi connectivity index (χ2n) is 3.86. The maximum Gasteiger partial charge on any atom is 0.0438 e. The van der Waals surface area contributed by atoms with Crippen LogP contribution in [0.25, 0.3) is 0 Å². The molecule has 86 valence electrons. The topological polar surface area (TPSA) is 12.0 Å². The molecule has 2 heteroatoms. The zero-order valence-electron chi connectivity index (χ0n) is 9.89. The van der Waals surface area contributed by atoms with Crippen LogP contribution in [-0.2, 0) is 0 Å². The van der Waals surface area contributed by atoms with Gasteiger partial charge in [0.05, 0.1) is 0 Å². The summed E-state index contributed by atoms with van der Waals surface area (Å²) in [5.74, 6) is 2.68. The van der Waals surface area contributed by atoms with Gasteiger partial charge in [0, 0.05) is 17.5 Å². The number of terminal acetylenes is 1. The third kappa shape index (κ3) is 3.56. The predicted molar refractivity (Wildman–Crippen MR) is 70.7 cm³/mol. The van der Waals surface area contributed by atoms with Gasteiger partial charge in [-0.15, -0.1) is 12.3 Å². The molecule has 0 amide bonds. The molecule has 1 atom stereocenters. The molecule has 0 saturated carbocycles. The van der Waals surface area contributed by atoms with Gasteiger partial charge in [-0.2, -0.15) is 0 Å². The Morgan fingerprint density at radius 3 is 2.81 bits per heavy atom. The fourth-order valence-corrected chi connectivity index (χ4v) is 1.88. The van der Waals surface area contributed by atoms with E-state index in [9.17, 15) is 0 Å². The van der Waals surface area contributed by atoms with Gasteiger partial charge in [0.1, 0.15) is 0 Å². The molecule has 0 saturated heterocycles. The third-order valence-corrected chi connectivity index (χ3v) is 3.03. The van der Waals surface area contributed by atoms with Crippen molar-refractivity contribution in [1.29, 1.82) is 0 Å². The number of halogens is 1. The van der Waals surface area contributed by atoms with E-state index in [4.69, 9.17) is 18.0 Å². The summed E-state index contributed by atoms with van der Waals surface area (Å²) in [6.07, 6.45) is 7.03. The molecule has 0 fully saturated rings. The minimum atomic E-state index is 0.305.